The van der Waals surface area contributed by atoms with Gasteiger partial charge in [0.1, 0.15) is 5.75 Å². The average molecular weight is 268 g/mol. The number of rotatable bonds is 2. The van der Waals surface area contributed by atoms with Gasteiger partial charge in [0.25, 0.3) is 0 Å². The second-order valence-electron chi connectivity index (χ2n) is 3.59. The summed E-state index contributed by atoms with van der Waals surface area (Å²) < 4.78 is 5.10. The lowest BCUT2D eigenvalue weighted by molar-refractivity contribution is 0.415. The third kappa shape index (κ3) is 2.48. The molecule has 2 nitrogen and oxygen atoms in total. The minimum absolute atomic E-state index is 0.549. The molecule has 2 aromatic carbocycles. The van der Waals surface area contributed by atoms with Crippen molar-refractivity contribution in [3.8, 4) is 16.9 Å². The third-order valence-electron chi connectivity index (χ3n) is 2.48. The van der Waals surface area contributed by atoms with Crippen LogP contribution in [0, 0.1) is 0 Å². The highest BCUT2D eigenvalue weighted by Crippen LogP contribution is 2.32. The van der Waals surface area contributed by atoms with Gasteiger partial charge in [0.2, 0.25) is 0 Å². The van der Waals surface area contributed by atoms with Gasteiger partial charge >= 0.3 is 0 Å². The van der Waals surface area contributed by atoms with Crippen LogP contribution in [0.3, 0.4) is 0 Å². The molecule has 0 aliphatic carbocycles. The first kappa shape index (κ1) is 12.1. The van der Waals surface area contributed by atoms with Crippen LogP contribution in [0.25, 0.3) is 11.1 Å². The van der Waals surface area contributed by atoms with Crippen molar-refractivity contribution in [1.82, 2.24) is 0 Å². The summed E-state index contributed by atoms with van der Waals surface area (Å²) in [5.74, 6) is 0.650. The Labute approximate surface area is 110 Å². The first-order valence-electron chi connectivity index (χ1n) is 5.01. The van der Waals surface area contributed by atoms with Crippen LogP contribution in [0.2, 0.25) is 10.0 Å². The van der Waals surface area contributed by atoms with Gasteiger partial charge in [-0.15, -0.1) is 0 Å². The van der Waals surface area contributed by atoms with Gasteiger partial charge in [-0.05, 0) is 35.4 Å². The van der Waals surface area contributed by atoms with Crippen molar-refractivity contribution in [3.05, 3.63) is 46.4 Å². The van der Waals surface area contributed by atoms with Crippen molar-refractivity contribution in [1.29, 1.82) is 0 Å². The molecule has 4 heteroatoms. The minimum atomic E-state index is 0.549. The van der Waals surface area contributed by atoms with Crippen LogP contribution >= 0.6 is 23.2 Å². The number of nitrogen functional groups attached to an aromatic ring is 1. The van der Waals surface area contributed by atoms with E-state index in [1.165, 1.54) is 0 Å². The maximum absolute atomic E-state index is 6.07. The molecule has 0 radical (unpaired) electrons. The minimum Gasteiger partial charge on any atom is -0.495 e. The summed E-state index contributed by atoms with van der Waals surface area (Å²) >= 11 is 11.9. The Morgan fingerprint density at radius 3 is 2.18 bits per heavy atom. The van der Waals surface area contributed by atoms with Crippen LogP contribution in [0.5, 0.6) is 5.75 Å². The predicted octanol–water partition coefficient (Wildman–Crippen LogP) is 4.25. The van der Waals surface area contributed by atoms with E-state index in [0.717, 1.165) is 11.1 Å². The molecule has 0 atom stereocenters. The number of ether oxygens (including phenoxy) is 1. The molecule has 17 heavy (non-hydrogen) atoms. The number of benzene rings is 2. The van der Waals surface area contributed by atoms with Gasteiger partial charge in [0.15, 0.2) is 0 Å². The molecular formula is C13H11Cl2NO. The number of halogens is 2. The Bertz CT molecular complexity index is 555. The molecule has 0 bridgehead atoms. The normalized spacial score (nSPS) is 10.3. The van der Waals surface area contributed by atoms with Crippen LogP contribution in [-0.2, 0) is 0 Å². The summed E-state index contributed by atoms with van der Waals surface area (Å²) in [5, 5.41) is 1.12. The van der Waals surface area contributed by atoms with E-state index in [4.69, 9.17) is 33.7 Å². The molecule has 0 aliphatic heterocycles. The van der Waals surface area contributed by atoms with E-state index in [0.29, 0.717) is 21.5 Å². The molecule has 0 saturated heterocycles. The van der Waals surface area contributed by atoms with Gasteiger partial charge in [-0.2, -0.15) is 0 Å². The fourth-order valence-corrected chi connectivity index (χ4v) is 1.94. The van der Waals surface area contributed by atoms with Crippen LogP contribution in [0.15, 0.2) is 36.4 Å². The highest BCUT2D eigenvalue weighted by Gasteiger charge is 2.05. The van der Waals surface area contributed by atoms with Crippen molar-refractivity contribution in [2.24, 2.45) is 0 Å². The Morgan fingerprint density at radius 1 is 0.941 bits per heavy atom. The fourth-order valence-electron chi connectivity index (χ4n) is 1.57. The monoisotopic (exact) mass is 267 g/mol. The Morgan fingerprint density at radius 2 is 1.59 bits per heavy atom. The summed E-state index contributed by atoms with van der Waals surface area (Å²) in [6.07, 6.45) is 0. The van der Waals surface area contributed by atoms with Gasteiger partial charge in [0, 0.05) is 0 Å². The second-order valence-corrected chi connectivity index (χ2v) is 4.40. The average Bonchev–Trinajstić information content (AvgIpc) is 2.32. The zero-order valence-electron chi connectivity index (χ0n) is 9.21. The van der Waals surface area contributed by atoms with E-state index >= 15 is 0 Å². The molecule has 2 rings (SSSR count). The lowest BCUT2D eigenvalue weighted by Crippen LogP contribution is -1.88. The maximum Gasteiger partial charge on any atom is 0.137 e. The van der Waals surface area contributed by atoms with Crippen LogP contribution in [0.1, 0.15) is 0 Å². The van der Waals surface area contributed by atoms with Crippen molar-refractivity contribution < 1.29 is 4.74 Å². The summed E-state index contributed by atoms with van der Waals surface area (Å²) in [6, 6.07) is 11.1. The molecule has 2 N–H and O–H groups in total. The van der Waals surface area contributed by atoms with Crippen LogP contribution < -0.4 is 10.5 Å². The van der Waals surface area contributed by atoms with Gasteiger partial charge < -0.3 is 10.5 Å². The standard InChI is InChI=1S/C13H11Cl2NO/c1-17-13-5-3-8(6-11(13)15)9-2-4-10(14)12(16)7-9/h2-7H,16H2,1H3. The van der Waals surface area contributed by atoms with E-state index in [1.807, 2.05) is 30.3 Å². The number of hydrogen-bond donors (Lipinski definition) is 1. The quantitative estimate of drug-likeness (QED) is 0.826. The molecule has 0 aliphatic rings. The Kier molecular flexibility index (Phi) is 3.46. The van der Waals surface area contributed by atoms with Crippen molar-refractivity contribution >= 4 is 28.9 Å². The fraction of sp³-hybridized carbons (Fsp3) is 0.0769. The summed E-state index contributed by atoms with van der Waals surface area (Å²) in [4.78, 5) is 0. The van der Waals surface area contributed by atoms with Gasteiger partial charge in [-0.25, -0.2) is 0 Å². The highest BCUT2D eigenvalue weighted by atomic mass is 35.5. The first-order valence-corrected chi connectivity index (χ1v) is 5.76. The Hall–Kier alpha value is -1.38. The number of hydrogen-bond acceptors (Lipinski definition) is 2. The Balaban J connectivity index is 2.46. The van der Waals surface area contributed by atoms with Gasteiger partial charge in [-0.1, -0.05) is 35.3 Å². The second kappa shape index (κ2) is 4.86. The molecule has 0 fully saturated rings. The summed E-state index contributed by atoms with van der Waals surface area (Å²) in [7, 11) is 1.58. The molecule has 0 saturated carbocycles. The lowest BCUT2D eigenvalue weighted by atomic mass is 10.1. The maximum atomic E-state index is 6.07. The molecule has 2 aromatic rings. The topological polar surface area (TPSA) is 35.2 Å². The van der Waals surface area contributed by atoms with E-state index in [9.17, 15) is 0 Å². The molecule has 0 heterocycles. The molecule has 0 amide bonds. The smallest absolute Gasteiger partial charge is 0.137 e. The molecule has 0 spiro atoms. The first-order chi connectivity index (χ1) is 8.11. The van der Waals surface area contributed by atoms with Gasteiger partial charge in [-0.3, -0.25) is 0 Å². The zero-order valence-corrected chi connectivity index (χ0v) is 10.7. The number of methoxy groups -OCH3 is 1. The largest absolute Gasteiger partial charge is 0.495 e. The molecule has 88 valence electrons. The molecule has 0 unspecified atom stereocenters. The highest BCUT2D eigenvalue weighted by molar-refractivity contribution is 6.33. The lowest BCUT2D eigenvalue weighted by Gasteiger charge is -2.07. The third-order valence-corrected chi connectivity index (χ3v) is 3.12. The molecule has 0 aromatic heterocycles. The summed E-state index contributed by atoms with van der Waals surface area (Å²) in [6.45, 7) is 0. The van der Waals surface area contributed by atoms with E-state index in [2.05, 4.69) is 0 Å². The number of nitrogens with two attached hydrogens (primary N) is 1. The predicted molar refractivity (Wildman–Crippen MR) is 72.9 cm³/mol. The van der Waals surface area contributed by atoms with E-state index in [-0.39, 0.29) is 0 Å². The summed E-state index contributed by atoms with van der Waals surface area (Å²) in [5.41, 5.74) is 8.25. The van der Waals surface area contributed by atoms with Crippen LogP contribution in [-0.4, -0.2) is 7.11 Å². The van der Waals surface area contributed by atoms with Gasteiger partial charge in [0.05, 0.1) is 22.8 Å². The molecular weight excluding hydrogens is 257 g/mol. The zero-order chi connectivity index (χ0) is 12.4. The van der Waals surface area contributed by atoms with Crippen molar-refractivity contribution in [2.75, 3.05) is 12.8 Å². The van der Waals surface area contributed by atoms with E-state index in [1.54, 1.807) is 13.2 Å². The van der Waals surface area contributed by atoms with Crippen molar-refractivity contribution in [3.63, 3.8) is 0 Å². The number of anilines is 1. The SMILES string of the molecule is COc1ccc(-c2ccc(Cl)c(N)c2)cc1Cl. The van der Waals surface area contributed by atoms with E-state index < -0.39 is 0 Å². The van der Waals surface area contributed by atoms with Crippen molar-refractivity contribution in [2.45, 2.75) is 0 Å². The van der Waals surface area contributed by atoms with Crippen LogP contribution in [0.4, 0.5) is 5.69 Å².